The molecule has 0 saturated carbocycles. The lowest BCUT2D eigenvalue weighted by Gasteiger charge is -2.10. The largest absolute Gasteiger partial charge is 0.365 e. The van der Waals surface area contributed by atoms with Crippen LogP contribution in [0.3, 0.4) is 0 Å². The molecule has 0 aliphatic heterocycles. The van der Waals surface area contributed by atoms with Crippen LogP contribution in [-0.4, -0.2) is 15.9 Å². The van der Waals surface area contributed by atoms with Crippen molar-refractivity contribution in [2.75, 3.05) is 10.6 Å². The second-order valence-electron chi connectivity index (χ2n) is 7.81. The number of hydrogen-bond donors (Lipinski definition) is 2. The number of carbonyl (C=O) groups is 1. The molecule has 2 N–H and O–H groups in total. The van der Waals surface area contributed by atoms with E-state index in [0.29, 0.717) is 17.9 Å². The summed E-state index contributed by atoms with van der Waals surface area (Å²) < 4.78 is 0. The Balaban J connectivity index is 1.22. The molecule has 0 bridgehead atoms. The van der Waals surface area contributed by atoms with Gasteiger partial charge in [0, 0.05) is 23.2 Å². The lowest BCUT2D eigenvalue weighted by molar-refractivity contribution is 0.102. The van der Waals surface area contributed by atoms with Crippen molar-refractivity contribution in [1.29, 1.82) is 0 Å². The van der Waals surface area contributed by atoms with E-state index in [4.69, 9.17) is 11.6 Å². The van der Waals surface area contributed by atoms with Gasteiger partial charge in [-0.1, -0.05) is 66.7 Å². The number of nitrogens with zero attached hydrogens (tertiary/aromatic N) is 2. The van der Waals surface area contributed by atoms with E-state index in [9.17, 15) is 4.79 Å². The second-order valence-corrected chi connectivity index (χ2v) is 8.14. The fourth-order valence-corrected chi connectivity index (χ4v) is 3.90. The number of anilines is 2. The SMILES string of the molecule is O=C(Nc1ccc(CNc2nc(Cl)nc3ccccc23)cc1)c1ccc(-c2ccccc2)cc1. The minimum absolute atomic E-state index is 0.146. The quantitative estimate of drug-likeness (QED) is 0.271. The lowest BCUT2D eigenvalue weighted by atomic mass is 10.0. The molecule has 0 spiro atoms. The normalized spacial score (nSPS) is 10.7. The maximum absolute atomic E-state index is 12.7. The third-order valence-electron chi connectivity index (χ3n) is 5.50. The lowest BCUT2D eigenvalue weighted by Crippen LogP contribution is -2.11. The minimum atomic E-state index is -0.146. The van der Waals surface area contributed by atoms with Gasteiger partial charge < -0.3 is 10.6 Å². The molecular formula is C28H21ClN4O. The number of amides is 1. The van der Waals surface area contributed by atoms with E-state index < -0.39 is 0 Å². The molecular weight excluding hydrogens is 444 g/mol. The molecule has 0 aliphatic carbocycles. The zero-order valence-electron chi connectivity index (χ0n) is 18.2. The highest BCUT2D eigenvalue weighted by atomic mass is 35.5. The molecule has 5 nitrogen and oxygen atoms in total. The van der Waals surface area contributed by atoms with Crippen LogP contribution in [0.15, 0.2) is 103 Å². The first-order valence-corrected chi connectivity index (χ1v) is 11.3. The molecule has 0 saturated heterocycles. The Kier molecular flexibility index (Phi) is 6.19. The number of nitrogens with one attached hydrogen (secondary N) is 2. The monoisotopic (exact) mass is 464 g/mol. The first-order valence-electron chi connectivity index (χ1n) is 10.9. The molecule has 0 aliphatic rings. The van der Waals surface area contributed by atoms with Crippen LogP contribution < -0.4 is 10.6 Å². The van der Waals surface area contributed by atoms with Crippen molar-refractivity contribution < 1.29 is 4.79 Å². The molecule has 5 aromatic rings. The third-order valence-corrected chi connectivity index (χ3v) is 5.67. The number of fused-ring (bicyclic) bond motifs is 1. The number of hydrogen-bond acceptors (Lipinski definition) is 4. The van der Waals surface area contributed by atoms with E-state index in [1.807, 2.05) is 103 Å². The zero-order chi connectivity index (χ0) is 23.3. The molecule has 4 aromatic carbocycles. The minimum Gasteiger partial charge on any atom is -0.365 e. The summed E-state index contributed by atoms with van der Waals surface area (Å²) in [4.78, 5) is 21.2. The summed E-state index contributed by atoms with van der Waals surface area (Å²) in [6.07, 6.45) is 0. The van der Waals surface area contributed by atoms with E-state index >= 15 is 0 Å². The number of carbonyl (C=O) groups excluding carboxylic acids is 1. The topological polar surface area (TPSA) is 66.9 Å². The van der Waals surface area contributed by atoms with Crippen LogP contribution >= 0.6 is 11.6 Å². The van der Waals surface area contributed by atoms with Gasteiger partial charge in [0.15, 0.2) is 0 Å². The molecule has 166 valence electrons. The van der Waals surface area contributed by atoms with Crippen LogP contribution in [0.4, 0.5) is 11.5 Å². The van der Waals surface area contributed by atoms with Gasteiger partial charge in [0.05, 0.1) is 5.52 Å². The van der Waals surface area contributed by atoms with Gasteiger partial charge in [-0.25, -0.2) is 9.97 Å². The predicted octanol–water partition coefficient (Wildman–Crippen LogP) is 6.81. The van der Waals surface area contributed by atoms with E-state index in [2.05, 4.69) is 20.6 Å². The highest BCUT2D eigenvalue weighted by Crippen LogP contribution is 2.23. The molecule has 0 unspecified atom stereocenters. The van der Waals surface area contributed by atoms with Gasteiger partial charge in [0.25, 0.3) is 5.91 Å². The second kappa shape index (κ2) is 9.73. The van der Waals surface area contributed by atoms with Crippen LogP contribution in [0.2, 0.25) is 5.28 Å². The van der Waals surface area contributed by atoms with E-state index in [1.165, 1.54) is 0 Å². The summed E-state index contributed by atoms with van der Waals surface area (Å²) >= 11 is 6.06. The van der Waals surface area contributed by atoms with Gasteiger partial charge in [-0.2, -0.15) is 0 Å². The maximum atomic E-state index is 12.7. The molecule has 6 heteroatoms. The molecule has 34 heavy (non-hydrogen) atoms. The molecule has 0 radical (unpaired) electrons. The fourth-order valence-electron chi connectivity index (χ4n) is 3.72. The van der Waals surface area contributed by atoms with Gasteiger partial charge in [0.2, 0.25) is 5.28 Å². The number of benzene rings is 4. The van der Waals surface area contributed by atoms with Crippen molar-refractivity contribution in [3.63, 3.8) is 0 Å². The summed E-state index contributed by atoms with van der Waals surface area (Å²) in [5.41, 5.74) is 5.38. The van der Waals surface area contributed by atoms with Gasteiger partial charge in [-0.15, -0.1) is 0 Å². The molecule has 1 heterocycles. The Morgan fingerprint density at radius 3 is 2.18 bits per heavy atom. The molecule has 1 aromatic heterocycles. The van der Waals surface area contributed by atoms with Crippen molar-refractivity contribution in [1.82, 2.24) is 9.97 Å². The summed E-state index contributed by atoms with van der Waals surface area (Å²) in [5.74, 6) is 0.541. The molecule has 5 rings (SSSR count). The van der Waals surface area contributed by atoms with Gasteiger partial charge in [-0.05, 0) is 64.7 Å². The Morgan fingerprint density at radius 1 is 0.735 bits per heavy atom. The highest BCUT2D eigenvalue weighted by molar-refractivity contribution is 6.28. The average molecular weight is 465 g/mol. The predicted molar refractivity (Wildman–Crippen MR) is 138 cm³/mol. The zero-order valence-corrected chi connectivity index (χ0v) is 19.0. The Bertz CT molecular complexity index is 1440. The van der Waals surface area contributed by atoms with Crippen molar-refractivity contribution in [2.45, 2.75) is 6.54 Å². The number of halogens is 1. The summed E-state index contributed by atoms with van der Waals surface area (Å²) in [6, 6.07) is 33.1. The standard InChI is InChI=1S/C28H21ClN4O/c29-28-32-25-9-5-4-8-24(25)26(33-28)30-18-19-10-16-23(17-11-19)31-27(34)22-14-12-21(13-15-22)20-6-2-1-3-7-20/h1-17H,18H2,(H,31,34)(H,30,32,33). The summed E-state index contributed by atoms with van der Waals surface area (Å²) in [7, 11) is 0. The van der Waals surface area contributed by atoms with Crippen LogP contribution in [0.5, 0.6) is 0 Å². The first kappa shape index (κ1) is 21.6. The molecule has 1 amide bonds. The number of aromatic nitrogens is 2. The van der Waals surface area contributed by atoms with Crippen LogP contribution in [0.1, 0.15) is 15.9 Å². The maximum Gasteiger partial charge on any atom is 0.255 e. The summed E-state index contributed by atoms with van der Waals surface area (Å²) in [5, 5.41) is 7.40. The molecule has 0 atom stereocenters. The first-order chi connectivity index (χ1) is 16.7. The van der Waals surface area contributed by atoms with Crippen molar-refractivity contribution >= 4 is 39.9 Å². The highest BCUT2D eigenvalue weighted by Gasteiger charge is 2.08. The Labute approximate surface area is 202 Å². The smallest absolute Gasteiger partial charge is 0.255 e. The van der Waals surface area contributed by atoms with Crippen molar-refractivity contribution in [3.8, 4) is 11.1 Å². The van der Waals surface area contributed by atoms with E-state index in [0.717, 1.165) is 33.3 Å². The van der Waals surface area contributed by atoms with Crippen LogP contribution in [-0.2, 0) is 6.54 Å². The van der Waals surface area contributed by atoms with Crippen LogP contribution in [0, 0.1) is 0 Å². The Morgan fingerprint density at radius 2 is 1.41 bits per heavy atom. The Hall–Kier alpha value is -4.22. The average Bonchev–Trinajstić information content (AvgIpc) is 2.88. The van der Waals surface area contributed by atoms with E-state index in [1.54, 1.807) is 0 Å². The van der Waals surface area contributed by atoms with Crippen molar-refractivity contribution in [2.24, 2.45) is 0 Å². The summed E-state index contributed by atoms with van der Waals surface area (Å²) in [6.45, 7) is 0.562. The van der Waals surface area contributed by atoms with Gasteiger partial charge in [0.1, 0.15) is 5.82 Å². The van der Waals surface area contributed by atoms with Crippen LogP contribution in [0.25, 0.3) is 22.0 Å². The number of rotatable bonds is 6. The molecule has 0 fully saturated rings. The fraction of sp³-hybridized carbons (Fsp3) is 0.0357. The number of para-hydroxylation sites is 1. The van der Waals surface area contributed by atoms with Gasteiger partial charge >= 0.3 is 0 Å². The van der Waals surface area contributed by atoms with E-state index in [-0.39, 0.29) is 11.2 Å². The third kappa shape index (κ3) is 4.90. The van der Waals surface area contributed by atoms with Gasteiger partial charge in [-0.3, -0.25) is 4.79 Å². The van der Waals surface area contributed by atoms with Crippen molar-refractivity contribution in [3.05, 3.63) is 120 Å².